The van der Waals surface area contributed by atoms with Crippen molar-refractivity contribution in [1.29, 1.82) is 0 Å². The Kier molecular flexibility index (Phi) is 6.20. The highest BCUT2D eigenvalue weighted by Gasteiger charge is 2.21. The molecule has 1 aromatic heterocycles. The molecule has 3 rings (SSSR count). The highest BCUT2D eigenvalue weighted by Crippen LogP contribution is 2.15. The Balaban J connectivity index is 1.62. The molecule has 1 atom stereocenters. The summed E-state index contributed by atoms with van der Waals surface area (Å²) in [6.45, 7) is 1.39. The van der Waals surface area contributed by atoms with E-state index in [9.17, 15) is 13.2 Å². The lowest BCUT2D eigenvalue weighted by molar-refractivity contribution is 0.0785. The zero-order chi connectivity index (χ0) is 19.3. The van der Waals surface area contributed by atoms with Gasteiger partial charge in [-0.3, -0.25) is 9.78 Å². The van der Waals surface area contributed by atoms with E-state index in [-0.39, 0.29) is 23.5 Å². The Bertz CT molecular complexity index is 864. The number of rotatable bonds is 7. The molecule has 0 saturated carbocycles. The van der Waals surface area contributed by atoms with Gasteiger partial charge in [-0.25, -0.2) is 13.1 Å². The smallest absolute Gasteiger partial charge is 0.253 e. The van der Waals surface area contributed by atoms with Crippen LogP contribution in [-0.2, 0) is 21.3 Å². The number of aromatic nitrogens is 1. The Morgan fingerprint density at radius 3 is 2.56 bits per heavy atom. The molecule has 1 aliphatic heterocycles. The molecular formula is C19H23N3O4S. The van der Waals surface area contributed by atoms with Gasteiger partial charge >= 0.3 is 0 Å². The maximum atomic E-state index is 12.5. The molecule has 2 heterocycles. The fourth-order valence-electron chi connectivity index (χ4n) is 2.92. The van der Waals surface area contributed by atoms with Crippen molar-refractivity contribution in [3.63, 3.8) is 0 Å². The van der Waals surface area contributed by atoms with Crippen LogP contribution in [0.25, 0.3) is 0 Å². The second-order valence-corrected chi connectivity index (χ2v) is 8.29. The highest BCUT2D eigenvalue weighted by atomic mass is 32.2. The van der Waals surface area contributed by atoms with Gasteiger partial charge in [0, 0.05) is 44.7 Å². The molecule has 1 amide bonds. The largest absolute Gasteiger partial charge is 0.377 e. The summed E-state index contributed by atoms with van der Waals surface area (Å²) in [6, 6.07) is 9.66. The molecule has 1 unspecified atom stereocenters. The second-order valence-electron chi connectivity index (χ2n) is 6.53. The SMILES string of the molecule is CN(Cc1ccncc1)C(=O)c1ccc(S(=O)(=O)NCC2CCCO2)cc1. The van der Waals surface area contributed by atoms with Crippen LogP contribution in [0.2, 0.25) is 0 Å². The number of hydrogen-bond acceptors (Lipinski definition) is 5. The van der Waals surface area contributed by atoms with Gasteiger partial charge in [0.05, 0.1) is 11.0 Å². The Hall–Kier alpha value is -2.29. The summed E-state index contributed by atoms with van der Waals surface area (Å²) < 4.78 is 32.8. The van der Waals surface area contributed by atoms with E-state index in [1.54, 1.807) is 24.3 Å². The molecule has 0 spiro atoms. The summed E-state index contributed by atoms with van der Waals surface area (Å²) in [4.78, 5) is 18.2. The average Bonchev–Trinajstić information content (AvgIpc) is 3.20. The lowest BCUT2D eigenvalue weighted by atomic mass is 10.2. The molecule has 1 aromatic carbocycles. The van der Waals surface area contributed by atoms with Crippen molar-refractivity contribution in [3.05, 3.63) is 59.9 Å². The van der Waals surface area contributed by atoms with Gasteiger partial charge in [-0.2, -0.15) is 0 Å². The molecule has 1 saturated heterocycles. The molecule has 1 fully saturated rings. The van der Waals surface area contributed by atoms with Crippen LogP contribution in [0.15, 0.2) is 53.7 Å². The Morgan fingerprint density at radius 1 is 1.22 bits per heavy atom. The van der Waals surface area contributed by atoms with Crippen molar-refractivity contribution in [2.45, 2.75) is 30.4 Å². The number of pyridine rings is 1. The van der Waals surface area contributed by atoms with E-state index in [4.69, 9.17) is 4.74 Å². The number of sulfonamides is 1. The molecule has 8 heteroatoms. The maximum absolute atomic E-state index is 12.5. The van der Waals surface area contributed by atoms with Crippen molar-refractivity contribution in [2.24, 2.45) is 0 Å². The summed E-state index contributed by atoms with van der Waals surface area (Å²) in [5.74, 6) is -0.178. The molecule has 0 bridgehead atoms. The van der Waals surface area contributed by atoms with Gasteiger partial charge in [-0.1, -0.05) is 0 Å². The molecule has 0 aliphatic carbocycles. The third-order valence-electron chi connectivity index (χ3n) is 4.45. The number of benzene rings is 1. The predicted molar refractivity (Wildman–Crippen MR) is 101 cm³/mol. The van der Waals surface area contributed by atoms with E-state index >= 15 is 0 Å². The molecule has 2 aromatic rings. The van der Waals surface area contributed by atoms with Crippen LogP contribution in [0.4, 0.5) is 0 Å². The molecule has 144 valence electrons. The van der Waals surface area contributed by atoms with E-state index in [0.717, 1.165) is 18.4 Å². The van der Waals surface area contributed by atoms with Crippen molar-refractivity contribution in [3.8, 4) is 0 Å². The molecule has 1 aliphatic rings. The van der Waals surface area contributed by atoms with E-state index in [0.29, 0.717) is 18.7 Å². The van der Waals surface area contributed by atoms with Gasteiger partial charge in [-0.05, 0) is 54.8 Å². The fraction of sp³-hybridized carbons (Fsp3) is 0.368. The van der Waals surface area contributed by atoms with Gasteiger partial charge in [-0.15, -0.1) is 0 Å². The van der Waals surface area contributed by atoms with Gasteiger partial charge in [0.2, 0.25) is 10.0 Å². The minimum atomic E-state index is -3.62. The van der Waals surface area contributed by atoms with Crippen molar-refractivity contribution in [1.82, 2.24) is 14.6 Å². The van der Waals surface area contributed by atoms with E-state index < -0.39 is 10.0 Å². The van der Waals surface area contributed by atoms with Crippen LogP contribution in [-0.4, -0.2) is 50.5 Å². The van der Waals surface area contributed by atoms with Crippen molar-refractivity contribution >= 4 is 15.9 Å². The van der Waals surface area contributed by atoms with Crippen LogP contribution in [0.5, 0.6) is 0 Å². The van der Waals surface area contributed by atoms with Crippen molar-refractivity contribution < 1.29 is 17.9 Å². The van der Waals surface area contributed by atoms with E-state index in [1.165, 1.54) is 24.3 Å². The van der Waals surface area contributed by atoms with Crippen LogP contribution in [0, 0.1) is 0 Å². The lowest BCUT2D eigenvalue weighted by Gasteiger charge is -2.17. The minimum absolute atomic E-state index is 0.0672. The molecule has 1 N–H and O–H groups in total. The van der Waals surface area contributed by atoms with Gasteiger partial charge in [0.1, 0.15) is 0 Å². The van der Waals surface area contributed by atoms with Crippen LogP contribution < -0.4 is 4.72 Å². The first kappa shape index (κ1) is 19.5. The summed E-state index contributed by atoms with van der Waals surface area (Å²) >= 11 is 0. The molecule has 0 radical (unpaired) electrons. The monoisotopic (exact) mass is 389 g/mol. The third kappa shape index (κ3) is 5.12. The molecule has 27 heavy (non-hydrogen) atoms. The Morgan fingerprint density at radius 2 is 1.93 bits per heavy atom. The van der Waals surface area contributed by atoms with Crippen molar-refractivity contribution in [2.75, 3.05) is 20.2 Å². The second kappa shape index (κ2) is 8.60. The number of carbonyl (C=O) groups is 1. The quantitative estimate of drug-likeness (QED) is 0.780. The van der Waals surface area contributed by atoms with Crippen LogP contribution in [0.3, 0.4) is 0 Å². The average molecular weight is 389 g/mol. The summed E-state index contributed by atoms with van der Waals surface area (Å²) in [5.41, 5.74) is 1.41. The zero-order valence-electron chi connectivity index (χ0n) is 15.2. The predicted octanol–water partition coefficient (Wildman–Crippen LogP) is 1.81. The first-order valence-corrected chi connectivity index (χ1v) is 10.3. The van der Waals surface area contributed by atoms with Gasteiger partial charge in [0.15, 0.2) is 0 Å². The molecule has 7 nitrogen and oxygen atoms in total. The van der Waals surface area contributed by atoms with E-state index in [2.05, 4.69) is 9.71 Å². The maximum Gasteiger partial charge on any atom is 0.253 e. The molecular weight excluding hydrogens is 366 g/mol. The number of carbonyl (C=O) groups excluding carboxylic acids is 1. The van der Waals surface area contributed by atoms with Gasteiger partial charge in [0.25, 0.3) is 5.91 Å². The first-order valence-electron chi connectivity index (χ1n) is 8.81. The first-order chi connectivity index (χ1) is 13.0. The zero-order valence-corrected chi connectivity index (χ0v) is 16.0. The summed E-state index contributed by atoms with van der Waals surface area (Å²) in [7, 11) is -1.92. The topological polar surface area (TPSA) is 88.6 Å². The number of amides is 1. The summed E-state index contributed by atoms with van der Waals surface area (Å²) in [6.07, 6.45) is 5.10. The standard InChI is InChI=1S/C19H23N3O4S/c1-22(14-15-8-10-20-11-9-15)19(23)16-4-6-18(7-5-16)27(24,25)21-13-17-3-2-12-26-17/h4-11,17,21H,2-3,12-14H2,1H3. The third-order valence-corrected chi connectivity index (χ3v) is 5.89. The van der Waals surface area contributed by atoms with Crippen LogP contribution in [0.1, 0.15) is 28.8 Å². The number of nitrogens with zero attached hydrogens (tertiary/aromatic N) is 2. The Labute approximate surface area is 159 Å². The van der Waals surface area contributed by atoms with E-state index in [1.807, 2.05) is 12.1 Å². The number of hydrogen-bond donors (Lipinski definition) is 1. The summed E-state index contributed by atoms with van der Waals surface area (Å²) in [5, 5.41) is 0. The minimum Gasteiger partial charge on any atom is -0.377 e. The number of ether oxygens (including phenoxy) is 1. The highest BCUT2D eigenvalue weighted by molar-refractivity contribution is 7.89. The lowest BCUT2D eigenvalue weighted by Crippen LogP contribution is -2.32. The normalized spacial score (nSPS) is 17.0. The van der Waals surface area contributed by atoms with Crippen LogP contribution >= 0.6 is 0 Å². The number of nitrogens with one attached hydrogen (secondary N) is 1. The fourth-order valence-corrected chi connectivity index (χ4v) is 3.99. The van der Waals surface area contributed by atoms with Gasteiger partial charge < -0.3 is 9.64 Å².